The van der Waals surface area contributed by atoms with Crippen molar-refractivity contribution in [2.45, 2.75) is 0 Å². The van der Waals surface area contributed by atoms with Gasteiger partial charge >= 0.3 is 0 Å². The Hall–Kier alpha value is -6.96. The van der Waals surface area contributed by atoms with Crippen molar-refractivity contribution in [3.63, 3.8) is 0 Å². The number of nitrogens with zero attached hydrogens (tertiary/aromatic N) is 1. The molecule has 0 unspecified atom stereocenters. The van der Waals surface area contributed by atoms with Gasteiger partial charge in [-0.3, -0.25) is 0 Å². The third-order valence-electron chi connectivity index (χ3n) is 10.3. The predicted octanol–water partition coefficient (Wildman–Crippen LogP) is 14.8. The van der Waals surface area contributed by atoms with Crippen molar-refractivity contribution in [3.05, 3.63) is 212 Å². The molecule has 0 saturated heterocycles. The molecule has 0 aliphatic carbocycles. The zero-order chi connectivity index (χ0) is 38.6. The molecule has 10 rings (SSSR count). The first-order valence-electron chi connectivity index (χ1n) is 20.0. The molecule has 1 heteroatoms. The number of hydrogen-bond donors (Lipinski definition) is 0. The minimum Gasteiger partial charge on any atom is -0.310 e. The van der Waals surface area contributed by atoms with Crippen molar-refractivity contribution in [2.75, 3.05) is 4.90 Å². The standard InChI is InChI=1S/C52H35N/c1-3-16-36(17-4-1)51-48-28-13-11-25-45(48)46-26-12-14-29-49(46)52(51)37-30-32-41(33-31-37)53(40-20-5-2-6-21-40)42-22-15-19-38(34-42)50-35-39-18-7-8-23-43(39)44-24-9-10-27-47(44)50/h1-35H/i30D,31D,32D,33D. The van der Waals surface area contributed by atoms with Crippen molar-refractivity contribution in [1.82, 2.24) is 0 Å². The summed E-state index contributed by atoms with van der Waals surface area (Å²) in [6.07, 6.45) is 0. The Morgan fingerprint density at radius 2 is 0.774 bits per heavy atom. The highest BCUT2D eigenvalue weighted by atomic mass is 15.1. The van der Waals surface area contributed by atoms with Gasteiger partial charge in [-0.05, 0) is 119 Å². The molecule has 0 heterocycles. The van der Waals surface area contributed by atoms with Crippen LogP contribution in [0.1, 0.15) is 5.48 Å². The lowest BCUT2D eigenvalue weighted by Gasteiger charge is -2.26. The summed E-state index contributed by atoms with van der Waals surface area (Å²) >= 11 is 0. The normalized spacial score (nSPS) is 12.5. The molecular formula is C52H35N. The minimum absolute atomic E-state index is 0.0961. The van der Waals surface area contributed by atoms with E-state index >= 15 is 0 Å². The van der Waals surface area contributed by atoms with Crippen LogP contribution in [0, 0.1) is 0 Å². The fourth-order valence-corrected chi connectivity index (χ4v) is 7.94. The van der Waals surface area contributed by atoms with Crippen LogP contribution in [-0.2, 0) is 0 Å². The second kappa shape index (κ2) is 13.0. The van der Waals surface area contributed by atoms with E-state index in [1.807, 2.05) is 108 Å². The summed E-state index contributed by atoms with van der Waals surface area (Å²) < 4.78 is 39.2. The molecule has 0 fully saturated rings. The third kappa shape index (κ3) is 5.34. The lowest BCUT2D eigenvalue weighted by molar-refractivity contribution is 1.28. The van der Waals surface area contributed by atoms with Gasteiger partial charge in [0.05, 0.1) is 5.48 Å². The number of hydrogen-bond acceptors (Lipinski definition) is 1. The number of fused-ring (bicyclic) bond motifs is 6. The van der Waals surface area contributed by atoms with E-state index in [9.17, 15) is 5.48 Å². The first kappa shape index (κ1) is 26.8. The van der Waals surface area contributed by atoms with Gasteiger partial charge in [-0.2, -0.15) is 0 Å². The van der Waals surface area contributed by atoms with Crippen LogP contribution in [0.2, 0.25) is 0 Å². The zero-order valence-electron chi connectivity index (χ0n) is 32.8. The van der Waals surface area contributed by atoms with Crippen LogP contribution >= 0.6 is 0 Å². The molecule has 1 nitrogen and oxygen atoms in total. The Kier molecular flexibility index (Phi) is 6.56. The van der Waals surface area contributed by atoms with E-state index in [0.29, 0.717) is 5.56 Å². The largest absolute Gasteiger partial charge is 0.310 e. The van der Waals surface area contributed by atoms with E-state index in [0.717, 1.165) is 65.9 Å². The smallest absolute Gasteiger partial charge is 0.0645 e. The lowest BCUT2D eigenvalue weighted by Crippen LogP contribution is -2.09. The molecule has 0 radical (unpaired) electrons. The second-order valence-corrected chi connectivity index (χ2v) is 13.3. The number of para-hydroxylation sites is 1. The Bertz CT molecular complexity index is 3150. The molecule has 0 N–H and O–H groups in total. The molecule has 10 aromatic rings. The van der Waals surface area contributed by atoms with Gasteiger partial charge < -0.3 is 4.90 Å². The molecule has 0 atom stereocenters. The Morgan fingerprint density at radius 3 is 1.43 bits per heavy atom. The molecule has 10 aromatic carbocycles. The maximum Gasteiger partial charge on any atom is 0.0645 e. The Morgan fingerprint density at radius 1 is 0.302 bits per heavy atom. The Labute approximate surface area is 315 Å². The van der Waals surface area contributed by atoms with Gasteiger partial charge in [-0.15, -0.1) is 0 Å². The maximum absolute atomic E-state index is 9.80. The Balaban J connectivity index is 1.23. The van der Waals surface area contributed by atoms with E-state index in [1.165, 1.54) is 10.8 Å². The van der Waals surface area contributed by atoms with Crippen LogP contribution < -0.4 is 4.90 Å². The first-order valence-corrected chi connectivity index (χ1v) is 18.0. The van der Waals surface area contributed by atoms with Gasteiger partial charge in [0.25, 0.3) is 0 Å². The minimum atomic E-state index is -0.118. The van der Waals surface area contributed by atoms with Crippen LogP contribution in [0.4, 0.5) is 17.1 Å². The van der Waals surface area contributed by atoms with Crippen molar-refractivity contribution in [1.29, 1.82) is 0 Å². The quantitative estimate of drug-likeness (QED) is 0.158. The molecular weight excluding hydrogens is 639 g/mol. The van der Waals surface area contributed by atoms with Gasteiger partial charge in [0.15, 0.2) is 0 Å². The molecule has 53 heavy (non-hydrogen) atoms. The fourth-order valence-electron chi connectivity index (χ4n) is 7.94. The molecule has 0 aliphatic heterocycles. The molecule has 0 spiro atoms. The van der Waals surface area contributed by atoms with E-state index in [1.54, 1.807) is 0 Å². The zero-order valence-corrected chi connectivity index (χ0v) is 28.8. The van der Waals surface area contributed by atoms with Crippen molar-refractivity contribution in [3.8, 4) is 33.4 Å². The summed E-state index contributed by atoms with van der Waals surface area (Å²) in [5.41, 5.74) is 6.50. The van der Waals surface area contributed by atoms with Gasteiger partial charge in [-0.1, -0.05) is 170 Å². The average Bonchev–Trinajstić information content (AvgIpc) is 3.27. The van der Waals surface area contributed by atoms with Crippen LogP contribution in [0.15, 0.2) is 212 Å². The van der Waals surface area contributed by atoms with Gasteiger partial charge in [0.1, 0.15) is 0 Å². The fraction of sp³-hybridized carbons (Fsp3) is 0. The van der Waals surface area contributed by atoms with Crippen molar-refractivity contribution < 1.29 is 5.48 Å². The second-order valence-electron chi connectivity index (χ2n) is 13.3. The van der Waals surface area contributed by atoms with Gasteiger partial charge in [0, 0.05) is 17.1 Å². The summed E-state index contributed by atoms with van der Waals surface area (Å²) in [5.74, 6) is 0. The summed E-state index contributed by atoms with van der Waals surface area (Å²) in [7, 11) is 0. The summed E-state index contributed by atoms with van der Waals surface area (Å²) in [4.78, 5) is 1.87. The van der Waals surface area contributed by atoms with E-state index < -0.39 is 0 Å². The van der Waals surface area contributed by atoms with Gasteiger partial charge in [0.2, 0.25) is 0 Å². The van der Waals surface area contributed by atoms with Crippen molar-refractivity contribution in [2.24, 2.45) is 0 Å². The lowest BCUT2D eigenvalue weighted by atomic mass is 9.85. The van der Waals surface area contributed by atoms with Crippen LogP contribution in [0.5, 0.6) is 0 Å². The summed E-state index contributed by atoms with van der Waals surface area (Å²) in [5, 5.41) is 8.55. The van der Waals surface area contributed by atoms with Crippen LogP contribution in [0.3, 0.4) is 0 Å². The number of anilines is 3. The topological polar surface area (TPSA) is 3.24 Å². The molecule has 0 saturated carbocycles. The number of benzene rings is 10. The highest BCUT2D eigenvalue weighted by Crippen LogP contribution is 2.46. The third-order valence-corrected chi connectivity index (χ3v) is 10.3. The van der Waals surface area contributed by atoms with E-state index in [4.69, 9.17) is 0 Å². The number of rotatable bonds is 6. The molecule has 0 aromatic heterocycles. The summed E-state index contributed by atoms with van der Waals surface area (Å²) in [6, 6.07) is 62.9. The van der Waals surface area contributed by atoms with Gasteiger partial charge in [-0.25, -0.2) is 0 Å². The SMILES string of the molecule is [2H]c1c([2H])c(N(c2ccccc2)c2cccc(-c3cc4ccccc4c4ccccc34)c2)c([2H])c([2H])c1-c1c(-c2ccccc2)c2ccccc2c2ccccc12. The highest BCUT2D eigenvalue weighted by Gasteiger charge is 2.19. The highest BCUT2D eigenvalue weighted by molar-refractivity contribution is 6.21. The van der Waals surface area contributed by atoms with Crippen LogP contribution in [0.25, 0.3) is 76.5 Å². The van der Waals surface area contributed by atoms with Crippen molar-refractivity contribution >= 4 is 60.2 Å². The molecule has 0 bridgehead atoms. The van der Waals surface area contributed by atoms with E-state index in [-0.39, 0.29) is 35.4 Å². The maximum atomic E-state index is 9.80. The average molecular weight is 678 g/mol. The molecule has 248 valence electrons. The predicted molar refractivity (Wildman–Crippen MR) is 227 cm³/mol. The monoisotopic (exact) mass is 677 g/mol. The van der Waals surface area contributed by atoms with Crippen LogP contribution in [-0.4, -0.2) is 0 Å². The summed E-state index contributed by atoms with van der Waals surface area (Å²) in [6.45, 7) is 0. The molecule has 0 aliphatic rings. The first-order chi connectivity index (χ1) is 28.0. The van der Waals surface area contributed by atoms with E-state index in [2.05, 4.69) is 84.9 Å². The molecule has 0 amide bonds.